The first-order valence-corrected chi connectivity index (χ1v) is 8.14. The van der Waals surface area contributed by atoms with Gasteiger partial charge in [0.05, 0.1) is 5.56 Å². The Hall–Kier alpha value is -2.01. The van der Waals surface area contributed by atoms with Crippen LogP contribution in [0.15, 0.2) is 34.9 Å². The summed E-state index contributed by atoms with van der Waals surface area (Å²) in [4.78, 5) is 15.5. The molecular weight excluding hydrogens is 361 g/mol. The van der Waals surface area contributed by atoms with Crippen LogP contribution in [0.25, 0.3) is 11.1 Å². The minimum absolute atomic E-state index is 0.287. The largest absolute Gasteiger partial charge is 0.478 e. The van der Waals surface area contributed by atoms with Crippen molar-refractivity contribution in [1.29, 1.82) is 0 Å². The van der Waals surface area contributed by atoms with Crippen LogP contribution >= 0.6 is 15.9 Å². The molecule has 3 nitrogen and oxygen atoms in total. The fourth-order valence-electron chi connectivity index (χ4n) is 3.05. The number of rotatable bonds is 3. The van der Waals surface area contributed by atoms with Crippen LogP contribution in [0.4, 0.5) is 4.39 Å². The highest BCUT2D eigenvalue weighted by molar-refractivity contribution is 9.10. The zero-order valence-electron chi connectivity index (χ0n) is 12.6. The minimum Gasteiger partial charge on any atom is -0.478 e. The fraction of sp³-hybridized carbons (Fsp3) is 0.222. The molecule has 0 radical (unpaired) electrons. The van der Waals surface area contributed by atoms with E-state index in [0.717, 1.165) is 46.1 Å². The molecule has 0 saturated heterocycles. The van der Waals surface area contributed by atoms with E-state index in [1.165, 1.54) is 17.7 Å². The third-order valence-electron chi connectivity index (χ3n) is 4.14. The SMILES string of the molecule is Cc1ncc(Br)cc1C1=C(c2ccc(F)c(C(=O)O)c2)CCC1. The van der Waals surface area contributed by atoms with Crippen molar-refractivity contribution in [2.45, 2.75) is 26.2 Å². The molecule has 3 rings (SSSR count). The van der Waals surface area contributed by atoms with Crippen LogP contribution in [0.5, 0.6) is 0 Å². The van der Waals surface area contributed by atoms with Gasteiger partial charge in [-0.3, -0.25) is 4.98 Å². The average molecular weight is 376 g/mol. The van der Waals surface area contributed by atoms with Gasteiger partial charge in [0.2, 0.25) is 0 Å². The molecule has 0 unspecified atom stereocenters. The van der Waals surface area contributed by atoms with Gasteiger partial charge >= 0.3 is 5.97 Å². The number of aromatic carboxylic acids is 1. The van der Waals surface area contributed by atoms with E-state index in [4.69, 9.17) is 5.11 Å². The molecule has 0 saturated carbocycles. The van der Waals surface area contributed by atoms with Gasteiger partial charge in [-0.05, 0) is 77.0 Å². The molecule has 0 spiro atoms. The summed E-state index contributed by atoms with van der Waals surface area (Å²) in [6.45, 7) is 1.96. The van der Waals surface area contributed by atoms with Gasteiger partial charge in [-0.1, -0.05) is 6.07 Å². The molecule has 1 N–H and O–H groups in total. The summed E-state index contributed by atoms with van der Waals surface area (Å²) < 4.78 is 14.5. The Bertz CT molecular complexity index is 830. The molecule has 2 aromatic rings. The molecule has 1 aromatic carbocycles. The molecule has 0 bridgehead atoms. The van der Waals surface area contributed by atoms with E-state index in [1.54, 1.807) is 12.3 Å². The summed E-state index contributed by atoms with van der Waals surface area (Å²) in [6, 6.07) is 6.35. The van der Waals surface area contributed by atoms with Gasteiger partial charge < -0.3 is 5.11 Å². The molecule has 0 amide bonds. The van der Waals surface area contributed by atoms with E-state index < -0.39 is 11.8 Å². The summed E-state index contributed by atoms with van der Waals surface area (Å²) in [5, 5.41) is 9.12. The average Bonchev–Trinajstić information content (AvgIpc) is 2.99. The van der Waals surface area contributed by atoms with Crippen LogP contribution < -0.4 is 0 Å². The lowest BCUT2D eigenvalue weighted by molar-refractivity contribution is 0.0692. The van der Waals surface area contributed by atoms with Crippen molar-refractivity contribution < 1.29 is 14.3 Å². The first-order valence-electron chi connectivity index (χ1n) is 7.35. The molecule has 5 heteroatoms. The van der Waals surface area contributed by atoms with E-state index >= 15 is 0 Å². The Labute approximate surface area is 142 Å². The molecule has 1 heterocycles. The first kappa shape index (κ1) is 15.9. The monoisotopic (exact) mass is 375 g/mol. The number of aryl methyl sites for hydroxylation is 1. The van der Waals surface area contributed by atoms with E-state index in [-0.39, 0.29) is 5.56 Å². The van der Waals surface area contributed by atoms with Crippen LogP contribution in [0.2, 0.25) is 0 Å². The quantitative estimate of drug-likeness (QED) is 0.812. The van der Waals surface area contributed by atoms with Gasteiger partial charge in [0.15, 0.2) is 0 Å². The number of hydrogen-bond acceptors (Lipinski definition) is 2. The lowest BCUT2D eigenvalue weighted by Gasteiger charge is -2.12. The number of carboxylic acids is 1. The maximum atomic E-state index is 13.6. The van der Waals surface area contributed by atoms with Crippen LogP contribution in [0, 0.1) is 12.7 Å². The third-order valence-corrected chi connectivity index (χ3v) is 4.58. The van der Waals surface area contributed by atoms with Crippen LogP contribution in [-0.4, -0.2) is 16.1 Å². The predicted molar refractivity (Wildman–Crippen MR) is 90.7 cm³/mol. The number of hydrogen-bond donors (Lipinski definition) is 1. The summed E-state index contributed by atoms with van der Waals surface area (Å²) in [5.74, 6) is -1.95. The predicted octanol–water partition coefficient (Wildman–Crippen LogP) is 5.08. The van der Waals surface area contributed by atoms with Crippen molar-refractivity contribution >= 4 is 33.0 Å². The van der Waals surface area contributed by atoms with E-state index in [1.807, 2.05) is 13.0 Å². The zero-order chi connectivity index (χ0) is 16.6. The third kappa shape index (κ3) is 3.06. The number of halogens is 2. The Morgan fingerprint density at radius 3 is 2.74 bits per heavy atom. The normalized spacial score (nSPS) is 14.4. The second-order valence-corrected chi connectivity index (χ2v) is 6.51. The summed E-state index contributed by atoms with van der Waals surface area (Å²) in [7, 11) is 0. The Morgan fingerprint density at radius 2 is 2.00 bits per heavy atom. The Morgan fingerprint density at radius 1 is 1.26 bits per heavy atom. The first-order chi connectivity index (χ1) is 11.0. The highest BCUT2D eigenvalue weighted by Crippen LogP contribution is 2.41. The van der Waals surface area contributed by atoms with Crippen LogP contribution in [-0.2, 0) is 0 Å². The van der Waals surface area contributed by atoms with Gasteiger partial charge in [0.25, 0.3) is 0 Å². The topological polar surface area (TPSA) is 50.2 Å². The van der Waals surface area contributed by atoms with E-state index in [2.05, 4.69) is 20.9 Å². The van der Waals surface area contributed by atoms with Crippen molar-refractivity contribution in [3.8, 4) is 0 Å². The summed E-state index contributed by atoms with van der Waals surface area (Å²) in [6.07, 6.45) is 4.52. The molecule has 0 fully saturated rings. The number of carbonyl (C=O) groups is 1. The van der Waals surface area contributed by atoms with E-state index in [9.17, 15) is 9.18 Å². The smallest absolute Gasteiger partial charge is 0.338 e. The Balaban J connectivity index is 2.15. The second kappa shape index (κ2) is 6.24. The lowest BCUT2D eigenvalue weighted by Crippen LogP contribution is -2.01. The number of nitrogens with zero attached hydrogens (tertiary/aromatic N) is 1. The molecule has 0 aliphatic heterocycles. The maximum absolute atomic E-state index is 13.6. The Kier molecular flexibility index (Phi) is 4.31. The molecule has 1 aromatic heterocycles. The number of benzene rings is 1. The lowest BCUT2D eigenvalue weighted by atomic mass is 9.95. The molecule has 1 aliphatic rings. The van der Waals surface area contributed by atoms with Gasteiger partial charge in [0.1, 0.15) is 5.82 Å². The summed E-state index contributed by atoms with van der Waals surface area (Å²) in [5.41, 5.74) is 4.73. The minimum atomic E-state index is -1.25. The number of allylic oxidation sites excluding steroid dienone is 2. The fourth-order valence-corrected chi connectivity index (χ4v) is 3.38. The van der Waals surface area contributed by atoms with Crippen molar-refractivity contribution in [2.75, 3.05) is 0 Å². The zero-order valence-corrected chi connectivity index (χ0v) is 14.2. The van der Waals surface area contributed by atoms with Crippen molar-refractivity contribution in [1.82, 2.24) is 4.98 Å². The standard InChI is InChI=1S/C18H15BrFNO2/c1-10-15(8-12(19)9-21-10)14-4-2-3-13(14)11-5-6-17(20)16(7-11)18(22)23/h5-9H,2-4H2,1H3,(H,22,23). The highest BCUT2D eigenvalue weighted by atomic mass is 79.9. The highest BCUT2D eigenvalue weighted by Gasteiger charge is 2.21. The van der Waals surface area contributed by atoms with Crippen molar-refractivity contribution in [3.63, 3.8) is 0 Å². The summed E-state index contributed by atoms with van der Waals surface area (Å²) >= 11 is 3.45. The van der Waals surface area contributed by atoms with Crippen molar-refractivity contribution in [2.24, 2.45) is 0 Å². The van der Waals surface area contributed by atoms with Gasteiger partial charge in [-0.15, -0.1) is 0 Å². The number of aromatic nitrogens is 1. The molecule has 0 atom stereocenters. The van der Waals surface area contributed by atoms with Gasteiger partial charge in [-0.25, -0.2) is 9.18 Å². The van der Waals surface area contributed by atoms with Gasteiger partial charge in [0, 0.05) is 21.9 Å². The van der Waals surface area contributed by atoms with Gasteiger partial charge in [-0.2, -0.15) is 0 Å². The van der Waals surface area contributed by atoms with E-state index in [0.29, 0.717) is 0 Å². The molecular formula is C18H15BrFNO2. The molecule has 1 aliphatic carbocycles. The molecule has 23 heavy (non-hydrogen) atoms. The number of pyridine rings is 1. The van der Waals surface area contributed by atoms with Crippen LogP contribution in [0.3, 0.4) is 0 Å². The second-order valence-electron chi connectivity index (χ2n) is 5.60. The van der Waals surface area contributed by atoms with Crippen LogP contribution in [0.1, 0.15) is 46.4 Å². The van der Waals surface area contributed by atoms with Crippen molar-refractivity contribution in [3.05, 3.63) is 63.1 Å². The number of carboxylic acid groups (broad SMARTS) is 1. The molecule has 118 valence electrons. The maximum Gasteiger partial charge on any atom is 0.338 e.